The van der Waals surface area contributed by atoms with Crippen molar-refractivity contribution < 1.29 is 5.11 Å². The monoisotopic (exact) mass is 168 g/mol. The van der Waals surface area contributed by atoms with Gasteiger partial charge in [0.15, 0.2) is 0 Å². The van der Waals surface area contributed by atoms with Crippen LogP contribution in [0.15, 0.2) is 12.2 Å². The minimum absolute atomic E-state index is 0.113. The SMILES string of the molecule is CC(C)C(O)CC1C=CCCC1. The van der Waals surface area contributed by atoms with E-state index in [2.05, 4.69) is 26.0 Å². The van der Waals surface area contributed by atoms with Crippen molar-refractivity contribution in [3.63, 3.8) is 0 Å². The minimum Gasteiger partial charge on any atom is -0.393 e. The first kappa shape index (κ1) is 9.79. The van der Waals surface area contributed by atoms with Crippen molar-refractivity contribution in [3.05, 3.63) is 12.2 Å². The molecular formula is C11H20O. The van der Waals surface area contributed by atoms with Crippen LogP contribution < -0.4 is 0 Å². The molecule has 0 spiro atoms. The molecule has 70 valence electrons. The third-order valence-electron chi connectivity index (χ3n) is 2.67. The van der Waals surface area contributed by atoms with E-state index in [1.54, 1.807) is 0 Å². The zero-order chi connectivity index (χ0) is 8.97. The summed E-state index contributed by atoms with van der Waals surface area (Å²) in [5.41, 5.74) is 0. The minimum atomic E-state index is -0.113. The molecule has 1 nitrogen and oxygen atoms in total. The highest BCUT2D eigenvalue weighted by Crippen LogP contribution is 2.23. The van der Waals surface area contributed by atoms with Gasteiger partial charge >= 0.3 is 0 Å². The summed E-state index contributed by atoms with van der Waals surface area (Å²) in [5.74, 6) is 1.04. The maximum absolute atomic E-state index is 9.64. The average molecular weight is 168 g/mol. The first-order chi connectivity index (χ1) is 5.70. The molecule has 0 saturated heterocycles. The zero-order valence-electron chi connectivity index (χ0n) is 8.16. The topological polar surface area (TPSA) is 20.2 Å². The number of aliphatic hydroxyl groups excluding tert-OH is 1. The summed E-state index contributed by atoms with van der Waals surface area (Å²) in [6, 6.07) is 0. The van der Waals surface area contributed by atoms with Gasteiger partial charge in [0.25, 0.3) is 0 Å². The molecule has 0 radical (unpaired) electrons. The van der Waals surface area contributed by atoms with Crippen LogP contribution >= 0.6 is 0 Å². The molecule has 0 bridgehead atoms. The molecular weight excluding hydrogens is 148 g/mol. The predicted molar refractivity (Wildman–Crippen MR) is 51.9 cm³/mol. The van der Waals surface area contributed by atoms with Gasteiger partial charge in [-0.2, -0.15) is 0 Å². The molecule has 0 saturated carbocycles. The van der Waals surface area contributed by atoms with Crippen LogP contribution in [0, 0.1) is 11.8 Å². The summed E-state index contributed by atoms with van der Waals surface area (Å²) in [5, 5.41) is 9.64. The molecule has 1 rings (SSSR count). The van der Waals surface area contributed by atoms with Crippen LogP contribution in [0.1, 0.15) is 39.5 Å². The highest BCUT2D eigenvalue weighted by molar-refractivity contribution is 4.93. The number of hydrogen-bond donors (Lipinski definition) is 1. The highest BCUT2D eigenvalue weighted by Gasteiger charge is 2.16. The number of hydrogen-bond acceptors (Lipinski definition) is 1. The van der Waals surface area contributed by atoms with E-state index in [1.165, 1.54) is 19.3 Å². The first-order valence-corrected chi connectivity index (χ1v) is 5.05. The van der Waals surface area contributed by atoms with E-state index in [4.69, 9.17) is 0 Å². The highest BCUT2D eigenvalue weighted by atomic mass is 16.3. The Morgan fingerprint density at radius 1 is 1.50 bits per heavy atom. The summed E-state index contributed by atoms with van der Waals surface area (Å²) in [7, 11) is 0. The van der Waals surface area contributed by atoms with E-state index in [1.807, 2.05) is 0 Å². The fourth-order valence-corrected chi connectivity index (χ4v) is 1.66. The Balaban J connectivity index is 2.29. The lowest BCUT2D eigenvalue weighted by Gasteiger charge is -2.21. The van der Waals surface area contributed by atoms with E-state index in [9.17, 15) is 5.11 Å². The third kappa shape index (κ3) is 2.98. The molecule has 0 aromatic heterocycles. The first-order valence-electron chi connectivity index (χ1n) is 5.05. The average Bonchev–Trinajstić information content (AvgIpc) is 2.06. The molecule has 0 aromatic rings. The van der Waals surface area contributed by atoms with Crippen LogP contribution in [0.2, 0.25) is 0 Å². The van der Waals surface area contributed by atoms with Gasteiger partial charge in [0.05, 0.1) is 6.10 Å². The van der Waals surface area contributed by atoms with Crippen LogP contribution in [0.4, 0.5) is 0 Å². The van der Waals surface area contributed by atoms with Gasteiger partial charge in [0.1, 0.15) is 0 Å². The normalized spacial score (nSPS) is 26.2. The standard InChI is InChI=1S/C11H20O/c1-9(2)11(12)8-10-6-4-3-5-7-10/h4,6,9-12H,3,5,7-8H2,1-2H3. The van der Waals surface area contributed by atoms with Gasteiger partial charge < -0.3 is 5.11 Å². The molecule has 0 fully saturated rings. The van der Waals surface area contributed by atoms with Crippen LogP contribution in [-0.2, 0) is 0 Å². The molecule has 2 atom stereocenters. The second-order valence-corrected chi connectivity index (χ2v) is 4.17. The summed E-state index contributed by atoms with van der Waals surface area (Å²) in [4.78, 5) is 0. The molecule has 2 unspecified atom stereocenters. The Morgan fingerprint density at radius 2 is 2.25 bits per heavy atom. The van der Waals surface area contributed by atoms with E-state index >= 15 is 0 Å². The smallest absolute Gasteiger partial charge is 0.0568 e. The van der Waals surface area contributed by atoms with Crippen LogP contribution in [0.3, 0.4) is 0 Å². The van der Waals surface area contributed by atoms with Crippen molar-refractivity contribution in [3.8, 4) is 0 Å². The maximum atomic E-state index is 9.64. The molecule has 12 heavy (non-hydrogen) atoms. The van der Waals surface area contributed by atoms with E-state index in [-0.39, 0.29) is 6.10 Å². The molecule has 1 aliphatic carbocycles. The predicted octanol–water partition coefficient (Wildman–Crippen LogP) is 2.75. The van der Waals surface area contributed by atoms with Gasteiger partial charge in [-0.05, 0) is 37.5 Å². The van der Waals surface area contributed by atoms with Crippen molar-refractivity contribution >= 4 is 0 Å². The molecule has 1 N–H and O–H groups in total. The summed E-state index contributed by atoms with van der Waals surface area (Å²) in [6.07, 6.45) is 9.16. The number of aliphatic hydroxyl groups is 1. The van der Waals surface area contributed by atoms with Crippen molar-refractivity contribution in [2.24, 2.45) is 11.8 Å². The van der Waals surface area contributed by atoms with E-state index < -0.39 is 0 Å². The fourth-order valence-electron chi connectivity index (χ4n) is 1.66. The summed E-state index contributed by atoms with van der Waals surface area (Å²) in [6.45, 7) is 4.16. The fraction of sp³-hybridized carbons (Fsp3) is 0.818. The third-order valence-corrected chi connectivity index (χ3v) is 2.67. The van der Waals surface area contributed by atoms with Gasteiger partial charge in [-0.15, -0.1) is 0 Å². The quantitative estimate of drug-likeness (QED) is 0.642. The summed E-state index contributed by atoms with van der Waals surface area (Å²) < 4.78 is 0. The van der Waals surface area contributed by atoms with Gasteiger partial charge in [-0.3, -0.25) is 0 Å². The molecule has 1 heteroatoms. The lowest BCUT2D eigenvalue weighted by molar-refractivity contribution is 0.102. The molecule has 0 heterocycles. The van der Waals surface area contributed by atoms with E-state index in [0.717, 1.165) is 6.42 Å². The number of rotatable bonds is 3. The van der Waals surface area contributed by atoms with E-state index in [0.29, 0.717) is 11.8 Å². The van der Waals surface area contributed by atoms with Gasteiger partial charge in [-0.1, -0.05) is 26.0 Å². The maximum Gasteiger partial charge on any atom is 0.0568 e. The van der Waals surface area contributed by atoms with Crippen molar-refractivity contribution in [2.45, 2.75) is 45.6 Å². The number of allylic oxidation sites excluding steroid dienone is 2. The molecule has 0 amide bonds. The van der Waals surface area contributed by atoms with Crippen molar-refractivity contribution in [1.82, 2.24) is 0 Å². The largest absolute Gasteiger partial charge is 0.393 e. The molecule has 0 aliphatic heterocycles. The van der Waals surface area contributed by atoms with Gasteiger partial charge in [0, 0.05) is 0 Å². The van der Waals surface area contributed by atoms with Crippen molar-refractivity contribution in [1.29, 1.82) is 0 Å². The second kappa shape index (κ2) is 4.66. The Kier molecular flexibility index (Phi) is 3.80. The Labute approximate surface area is 75.5 Å². The second-order valence-electron chi connectivity index (χ2n) is 4.17. The Hall–Kier alpha value is -0.300. The lowest BCUT2D eigenvalue weighted by Crippen LogP contribution is -2.19. The van der Waals surface area contributed by atoms with Gasteiger partial charge in [0.2, 0.25) is 0 Å². The zero-order valence-corrected chi connectivity index (χ0v) is 8.16. The van der Waals surface area contributed by atoms with Crippen LogP contribution in [0.5, 0.6) is 0 Å². The van der Waals surface area contributed by atoms with Crippen LogP contribution in [-0.4, -0.2) is 11.2 Å². The van der Waals surface area contributed by atoms with Crippen LogP contribution in [0.25, 0.3) is 0 Å². The molecule has 0 aromatic carbocycles. The lowest BCUT2D eigenvalue weighted by atomic mass is 9.88. The van der Waals surface area contributed by atoms with Gasteiger partial charge in [-0.25, -0.2) is 0 Å². The Morgan fingerprint density at radius 3 is 2.75 bits per heavy atom. The van der Waals surface area contributed by atoms with Crippen molar-refractivity contribution in [2.75, 3.05) is 0 Å². The molecule has 1 aliphatic rings. The Bertz CT molecular complexity index is 149. The summed E-state index contributed by atoms with van der Waals surface area (Å²) >= 11 is 0.